The number of piperidine rings is 1. The van der Waals surface area contributed by atoms with Gasteiger partial charge in [0, 0.05) is 38.7 Å². The number of carbonyl (C=O) groups is 2. The highest BCUT2D eigenvalue weighted by atomic mass is 16.5. The van der Waals surface area contributed by atoms with Crippen LogP contribution in [0.3, 0.4) is 0 Å². The van der Waals surface area contributed by atoms with Crippen LogP contribution >= 0.6 is 0 Å². The molecule has 1 spiro atoms. The van der Waals surface area contributed by atoms with Crippen LogP contribution < -0.4 is 4.74 Å². The molecule has 0 saturated carbocycles. The van der Waals surface area contributed by atoms with E-state index in [-0.39, 0.29) is 12.3 Å². The number of carboxylic acids is 1. The minimum Gasteiger partial charge on any atom is -0.496 e. The molecule has 0 aliphatic carbocycles. The number of nitrogens with zero attached hydrogens (tertiary/aromatic N) is 2. The van der Waals surface area contributed by atoms with E-state index < -0.39 is 17.4 Å². The molecule has 1 amide bonds. The third-order valence-electron chi connectivity index (χ3n) is 6.18. The lowest BCUT2D eigenvalue weighted by molar-refractivity contribution is -0.146. The number of benzene rings is 1. The standard InChI is InChI=1S/C20H28N2O4/c1-13-9-14(2)18(26-4)15(10-13)12-22-7-5-20(6-8-22)16(19(24)25)11-17(23)21(20)3/h9-10,16H,5-8,11-12H2,1-4H3,(H,24,25)/t16-/m1/s1. The first-order valence-corrected chi connectivity index (χ1v) is 9.14. The Morgan fingerprint density at radius 1 is 1.31 bits per heavy atom. The maximum absolute atomic E-state index is 12.1. The molecule has 2 saturated heterocycles. The lowest BCUT2D eigenvalue weighted by Gasteiger charge is -2.45. The van der Waals surface area contributed by atoms with E-state index in [2.05, 4.69) is 30.9 Å². The minimum atomic E-state index is -0.855. The second-order valence-electron chi connectivity index (χ2n) is 7.70. The third kappa shape index (κ3) is 3.07. The summed E-state index contributed by atoms with van der Waals surface area (Å²) in [6, 6.07) is 4.27. The smallest absolute Gasteiger partial charge is 0.309 e. The molecule has 2 fully saturated rings. The maximum atomic E-state index is 12.1. The third-order valence-corrected chi connectivity index (χ3v) is 6.18. The Kier molecular flexibility index (Phi) is 4.97. The van der Waals surface area contributed by atoms with E-state index in [0.29, 0.717) is 12.8 Å². The fourth-order valence-electron chi connectivity index (χ4n) is 4.78. The summed E-state index contributed by atoms with van der Waals surface area (Å²) in [5.74, 6) is -0.584. The summed E-state index contributed by atoms with van der Waals surface area (Å²) in [5, 5.41) is 9.59. The lowest BCUT2D eigenvalue weighted by atomic mass is 9.77. The average molecular weight is 360 g/mol. The molecule has 1 aromatic carbocycles. The van der Waals surface area contributed by atoms with Crippen molar-refractivity contribution in [3.63, 3.8) is 0 Å². The van der Waals surface area contributed by atoms with Gasteiger partial charge in [-0.15, -0.1) is 0 Å². The normalized spacial score (nSPS) is 22.8. The number of hydrogen-bond donors (Lipinski definition) is 1. The van der Waals surface area contributed by atoms with Crippen molar-refractivity contribution < 1.29 is 19.4 Å². The van der Waals surface area contributed by atoms with Crippen molar-refractivity contribution in [2.75, 3.05) is 27.2 Å². The first-order chi connectivity index (χ1) is 12.3. The largest absolute Gasteiger partial charge is 0.496 e. The van der Waals surface area contributed by atoms with Gasteiger partial charge in [-0.25, -0.2) is 0 Å². The first kappa shape index (κ1) is 18.7. The van der Waals surface area contributed by atoms with Gasteiger partial charge in [-0.05, 0) is 32.3 Å². The van der Waals surface area contributed by atoms with Crippen molar-refractivity contribution in [3.8, 4) is 5.75 Å². The Morgan fingerprint density at radius 2 is 1.96 bits per heavy atom. The van der Waals surface area contributed by atoms with E-state index in [0.717, 1.165) is 36.5 Å². The van der Waals surface area contributed by atoms with Gasteiger partial charge >= 0.3 is 5.97 Å². The molecule has 0 radical (unpaired) electrons. The van der Waals surface area contributed by atoms with Gasteiger partial charge in [0.15, 0.2) is 0 Å². The topological polar surface area (TPSA) is 70.1 Å². The number of carbonyl (C=O) groups excluding carboxylic acids is 1. The van der Waals surface area contributed by atoms with Gasteiger partial charge in [-0.3, -0.25) is 14.5 Å². The number of rotatable bonds is 4. The van der Waals surface area contributed by atoms with Crippen molar-refractivity contribution in [2.24, 2.45) is 5.92 Å². The SMILES string of the molecule is COc1c(C)cc(C)cc1CN1CCC2(CC1)[C@@H](C(=O)O)CC(=O)N2C. The molecule has 2 aliphatic heterocycles. The van der Waals surface area contributed by atoms with Gasteiger partial charge in [0.2, 0.25) is 5.91 Å². The van der Waals surface area contributed by atoms with Crippen LogP contribution in [-0.4, -0.2) is 59.6 Å². The molecule has 26 heavy (non-hydrogen) atoms. The number of ether oxygens (including phenoxy) is 1. The molecule has 6 nitrogen and oxygen atoms in total. The van der Waals surface area contributed by atoms with Gasteiger partial charge in [-0.2, -0.15) is 0 Å². The zero-order chi connectivity index (χ0) is 19.1. The van der Waals surface area contributed by atoms with E-state index in [9.17, 15) is 14.7 Å². The summed E-state index contributed by atoms with van der Waals surface area (Å²) in [5.41, 5.74) is 2.96. The van der Waals surface area contributed by atoms with Crippen LogP contribution in [0.5, 0.6) is 5.75 Å². The van der Waals surface area contributed by atoms with Gasteiger partial charge in [0.05, 0.1) is 18.6 Å². The highest BCUT2D eigenvalue weighted by Crippen LogP contribution is 2.43. The Morgan fingerprint density at radius 3 is 2.54 bits per heavy atom. The van der Waals surface area contributed by atoms with Gasteiger partial charge in [0.1, 0.15) is 5.75 Å². The van der Waals surface area contributed by atoms with Crippen molar-refractivity contribution in [2.45, 2.75) is 45.2 Å². The molecule has 6 heteroatoms. The molecular weight excluding hydrogens is 332 g/mol. The zero-order valence-electron chi connectivity index (χ0n) is 16.0. The fourth-order valence-corrected chi connectivity index (χ4v) is 4.78. The quantitative estimate of drug-likeness (QED) is 0.891. The van der Waals surface area contributed by atoms with E-state index >= 15 is 0 Å². The summed E-state index contributed by atoms with van der Waals surface area (Å²) in [6.45, 7) is 6.46. The van der Waals surface area contributed by atoms with E-state index in [1.165, 1.54) is 5.56 Å². The van der Waals surface area contributed by atoms with Crippen LogP contribution in [0.4, 0.5) is 0 Å². The predicted molar refractivity (Wildman–Crippen MR) is 98.2 cm³/mol. The second kappa shape index (κ2) is 6.91. The van der Waals surface area contributed by atoms with Crippen molar-refractivity contribution in [1.82, 2.24) is 9.80 Å². The summed E-state index contributed by atoms with van der Waals surface area (Å²) >= 11 is 0. The Hall–Kier alpha value is -2.08. The van der Waals surface area contributed by atoms with E-state index in [4.69, 9.17) is 4.74 Å². The van der Waals surface area contributed by atoms with Crippen molar-refractivity contribution in [3.05, 3.63) is 28.8 Å². The first-order valence-electron chi connectivity index (χ1n) is 9.14. The molecule has 2 aliphatic rings. The molecule has 0 bridgehead atoms. The van der Waals surface area contributed by atoms with Gasteiger partial charge in [-0.1, -0.05) is 17.7 Å². The lowest BCUT2D eigenvalue weighted by Crippen LogP contribution is -2.55. The Labute approximate surface area is 154 Å². The summed E-state index contributed by atoms with van der Waals surface area (Å²) in [6.07, 6.45) is 1.51. The highest BCUT2D eigenvalue weighted by molar-refractivity contribution is 5.88. The molecule has 0 unspecified atom stereocenters. The monoisotopic (exact) mass is 360 g/mol. The number of amides is 1. The molecule has 142 valence electrons. The van der Waals surface area contributed by atoms with Crippen molar-refractivity contribution >= 4 is 11.9 Å². The van der Waals surface area contributed by atoms with Crippen LogP contribution in [0, 0.1) is 19.8 Å². The van der Waals surface area contributed by atoms with E-state index in [1.54, 1.807) is 19.1 Å². The van der Waals surface area contributed by atoms with E-state index in [1.807, 2.05) is 0 Å². The van der Waals surface area contributed by atoms with Gasteiger partial charge < -0.3 is 14.7 Å². The van der Waals surface area contributed by atoms with Crippen molar-refractivity contribution in [1.29, 1.82) is 0 Å². The average Bonchev–Trinajstić information content (AvgIpc) is 2.82. The van der Waals surface area contributed by atoms with Crippen LogP contribution in [0.15, 0.2) is 12.1 Å². The molecule has 1 N–H and O–H groups in total. The molecule has 0 aromatic heterocycles. The number of hydrogen-bond acceptors (Lipinski definition) is 4. The van der Waals surface area contributed by atoms with Crippen LogP contribution in [-0.2, 0) is 16.1 Å². The number of carboxylic acid groups (broad SMARTS) is 1. The number of aliphatic carboxylic acids is 1. The van der Waals surface area contributed by atoms with Gasteiger partial charge in [0.25, 0.3) is 0 Å². The molecule has 3 rings (SSSR count). The summed E-state index contributed by atoms with van der Waals surface area (Å²) < 4.78 is 5.59. The Balaban J connectivity index is 1.75. The number of aryl methyl sites for hydroxylation is 2. The zero-order valence-corrected chi connectivity index (χ0v) is 16.0. The Bertz CT molecular complexity index is 723. The minimum absolute atomic E-state index is 0.0539. The second-order valence-corrected chi connectivity index (χ2v) is 7.70. The summed E-state index contributed by atoms with van der Waals surface area (Å²) in [4.78, 5) is 27.8. The number of methoxy groups -OCH3 is 1. The van der Waals surface area contributed by atoms with Crippen LogP contribution in [0.2, 0.25) is 0 Å². The van der Waals surface area contributed by atoms with Crippen LogP contribution in [0.1, 0.15) is 36.0 Å². The molecular formula is C20H28N2O4. The summed E-state index contributed by atoms with van der Waals surface area (Å²) in [7, 11) is 3.46. The predicted octanol–water partition coefficient (Wildman–Crippen LogP) is 2.21. The maximum Gasteiger partial charge on any atom is 0.309 e. The number of likely N-dealkylation sites (tertiary alicyclic amines) is 2. The fraction of sp³-hybridized carbons (Fsp3) is 0.600. The van der Waals surface area contributed by atoms with Crippen LogP contribution in [0.25, 0.3) is 0 Å². The molecule has 2 heterocycles. The molecule has 1 atom stereocenters. The highest BCUT2D eigenvalue weighted by Gasteiger charge is 2.55. The molecule has 1 aromatic rings.